The number of hydrogen-bond donors (Lipinski definition) is 2. The molecule has 1 fully saturated rings. The smallest absolute Gasteiger partial charge is 0.405 e. The summed E-state index contributed by atoms with van der Waals surface area (Å²) in [6.07, 6.45) is 1.43. The molecule has 8 heteroatoms. The average Bonchev–Trinajstić information content (AvgIpc) is 2.80. The third-order valence-corrected chi connectivity index (χ3v) is 5.39. The fourth-order valence-corrected chi connectivity index (χ4v) is 3.61. The summed E-state index contributed by atoms with van der Waals surface area (Å²) in [6, 6.07) is 17.1. The Kier molecular flexibility index (Phi) is 6.86. The van der Waals surface area contributed by atoms with Crippen LogP contribution in [0.15, 0.2) is 48.5 Å². The number of benzene rings is 2. The van der Waals surface area contributed by atoms with Crippen molar-refractivity contribution in [1.82, 2.24) is 10.2 Å². The highest BCUT2D eigenvalue weighted by Gasteiger charge is 2.44. The number of amides is 2. The summed E-state index contributed by atoms with van der Waals surface area (Å²) in [7, 11) is 0. The average molecular weight is 418 g/mol. The van der Waals surface area contributed by atoms with Crippen LogP contribution in [-0.2, 0) is 16.0 Å². The lowest BCUT2D eigenvalue weighted by Gasteiger charge is -2.37. The Balaban J connectivity index is 1.67. The molecule has 1 heterocycles. The maximum Gasteiger partial charge on any atom is 0.405 e. The predicted octanol–water partition coefficient (Wildman–Crippen LogP) is 2.89. The predicted molar refractivity (Wildman–Crippen MR) is 112 cm³/mol. The normalized spacial score (nSPS) is 14.6. The maximum atomic E-state index is 13.0. The Hall–Kier alpha value is -3.88. The summed E-state index contributed by atoms with van der Waals surface area (Å²) in [5.74, 6) is -0.546. The summed E-state index contributed by atoms with van der Waals surface area (Å²) < 4.78 is 5.26. The molecule has 1 aliphatic heterocycles. The second kappa shape index (κ2) is 9.75. The highest BCUT2D eigenvalue weighted by Crippen LogP contribution is 2.24. The van der Waals surface area contributed by atoms with Gasteiger partial charge in [-0.15, -0.1) is 0 Å². The molecule has 0 aromatic heterocycles. The number of hydrogen-bond acceptors (Lipinski definition) is 5. The molecule has 3 rings (SSSR count). The third-order valence-electron chi connectivity index (χ3n) is 5.39. The Morgan fingerprint density at radius 3 is 2.13 bits per heavy atom. The molecular formula is C23H22N4O4. The fourth-order valence-electron chi connectivity index (χ4n) is 3.61. The van der Waals surface area contributed by atoms with E-state index < -0.39 is 17.5 Å². The lowest BCUT2D eigenvalue weighted by atomic mass is 9.88. The first-order valence-corrected chi connectivity index (χ1v) is 9.87. The molecule has 158 valence electrons. The zero-order chi connectivity index (χ0) is 22.3. The van der Waals surface area contributed by atoms with Gasteiger partial charge in [0.2, 0.25) is 0 Å². The Morgan fingerprint density at radius 2 is 1.61 bits per heavy atom. The lowest BCUT2D eigenvalue weighted by Crippen LogP contribution is -2.61. The van der Waals surface area contributed by atoms with Crippen LogP contribution in [0.4, 0.5) is 4.79 Å². The Morgan fingerprint density at radius 1 is 1.03 bits per heavy atom. The van der Waals surface area contributed by atoms with E-state index in [4.69, 9.17) is 10.00 Å². The highest BCUT2D eigenvalue weighted by molar-refractivity contribution is 5.90. The van der Waals surface area contributed by atoms with Gasteiger partial charge in [-0.25, -0.2) is 9.69 Å². The Labute approximate surface area is 180 Å². The first-order valence-electron chi connectivity index (χ1n) is 9.87. The first-order chi connectivity index (χ1) is 15.0. The van der Waals surface area contributed by atoms with Crippen molar-refractivity contribution in [3.8, 4) is 23.4 Å². The summed E-state index contributed by atoms with van der Waals surface area (Å²) >= 11 is 0. The van der Waals surface area contributed by atoms with Crippen LogP contribution in [0.1, 0.15) is 24.0 Å². The third kappa shape index (κ3) is 5.19. The number of nitrogens with one attached hydrogen (secondary N) is 1. The summed E-state index contributed by atoms with van der Waals surface area (Å²) in [6.45, 7) is 0.652. The molecule has 2 aromatic carbocycles. The number of rotatable bonds is 6. The van der Waals surface area contributed by atoms with E-state index in [0.717, 1.165) is 21.6 Å². The zero-order valence-electron chi connectivity index (χ0n) is 16.9. The van der Waals surface area contributed by atoms with Gasteiger partial charge in [0.25, 0.3) is 5.91 Å². The second-order valence-electron chi connectivity index (χ2n) is 7.32. The highest BCUT2D eigenvalue weighted by atomic mass is 16.5. The topological polar surface area (TPSA) is 126 Å². The SMILES string of the molecule is N#Cc1ccc(-c2ccc(CCN(C#N)C(=O)C3(NC(=O)O)CCOCC3)cc2)cc1. The molecule has 0 bridgehead atoms. The summed E-state index contributed by atoms with van der Waals surface area (Å²) in [4.78, 5) is 25.3. The molecule has 31 heavy (non-hydrogen) atoms. The van der Waals surface area contributed by atoms with Crippen molar-refractivity contribution >= 4 is 12.0 Å². The van der Waals surface area contributed by atoms with Gasteiger partial charge in [-0.1, -0.05) is 36.4 Å². The number of ether oxygens (including phenoxy) is 1. The van der Waals surface area contributed by atoms with Gasteiger partial charge in [-0.2, -0.15) is 10.5 Å². The standard InChI is InChI=1S/C23H22N4O4/c24-15-18-3-7-20(8-4-18)19-5-1-17(2-6-19)9-12-27(16-25)21(28)23(26-22(29)30)10-13-31-14-11-23/h1-8,26H,9-14H2,(H,29,30). The van der Waals surface area contributed by atoms with Crippen molar-refractivity contribution in [2.75, 3.05) is 19.8 Å². The van der Waals surface area contributed by atoms with Crippen molar-refractivity contribution in [1.29, 1.82) is 10.5 Å². The van der Waals surface area contributed by atoms with Gasteiger partial charge in [0.1, 0.15) is 5.54 Å². The molecule has 0 atom stereocenters. The molecule has 2 aromatic rings. The van der Waals surface area contributed by atoms with Crippen molar-refractivity contribution < 1.29 is 19.4 Å². The van der Waals surface area contributed by atoms with Crippen LogP contribution in [-0.4, -0.2) is 47.3 Å². The number of carboxylic acid groups (broad SMARTS) is 1. The molecule has 2 N–H and O–H groups in total. The minimum absolute atomic E-state index is 0.148. The van der Waals surface area contributed by atoms with Gasteiger partial charge >= 0.3 is 6.09 Å². The summed E-state index contributed by atoms with van der Waals surface area (Å²) in [5.41, 5.74) is 2.19. The first kappa shape index (κ1) is 21.8. The van der Waals surface area contributed by atoms with E-state index >= 15 is 0 Å². The van der Waals surface area contributed by atoms with Crippen molar-refractivity contribution in [2.45, 2.75) is 24.8 Å². The lowest BCUT2D eigenvalue weighted by molar-refractivity contribution is -0.139. The zero-order valence-corrected chi connectivity index (χ0v) is 16.9. The van der Waals surface area contributed by atoms with Gasteiger partial charge in [0.05, 0.1) is 11.6 Å². The largest absolute Gasteiger partial charge is 0.465 e. The molecule has 0 unspecified atom stereocenters. The van der Waals surface area contributed by atoms with Crippen molar-refractivity contribution in [2.24, 2.45) is 0 Å². The second-order valence-corrected chi connectivity index (χ2v) is 7.32. The fraction of sp³-hybridized carbons (Fsp3) is 0.304. The quantitative estimate of drug-likeness (QED) is 0.549. The van der Waals surface area contributed by atoms with Gasteiger partial charge in [-0.3, -0.25) is 4.79 Å². The van der Waals surface area contributed by atoms with Crippen LogP contribution >= 0.6 is 0 Å². The van der Waals surface area contributed by atoms with E-state index in [1.165, 1.54) is 0 Å². The molecule has 0 radical (unpaired) electrons. The number of carbonyl (C=O) groups is 2. The number of nitriles is 2. The molecular weight excluding hydrogens is 396 g/mol. The van der Waals surface area contributed by atoms with Crippen LogP contribution in [0.3, 0.4) is 0 Å². The van der Waals surface area contributed by atoms with Gasteiger partial charge in [-0.05, 0) is 35.2 Å². The van der Waals surface area contributed by atoms with Crippen LogP contribution in [0, 0.1) is 22.8 Å². The van der Waals surface area contributed by atoms with Crippen LogP contribution in [0.25, 0.3) is 11.1 Å². The monoisotopic (exact) mass is 418 g/mol. The molecule has 8 nitrogen and oxygen atoms in total. The number of nitrogens with zero attached hydrogens (tertiary/aromatic N) is 3. The van der Waals surface area contributed by atoms with Gasteiger partial charge in [0.15, 0.2) is 6.19 Å². The number of carbonyl (C=O) groups excluding carboxylic acids is 1. The summed E-state index contributed by atoms with van der Waals surface area (Å²) in [5, 5.41) is 29.9. The van der Waals surface area contributed by atoms with Gasteiger partial charge in [0, 0.05) is 32.6 Å². The maximum absolute atomic E-state index is 13.0. The van der Waals surface area contributed by atoms with Gasteiger partial charge < -0.3 is 15.2 Å². The van der Waals surface area contributed by atoms with E-state index in [1.54, 1.807) is 12.1 Å². The van der Waals surface area contributed by atoms with E-state index in [9.17, 15) is 20.0 Å². The van der Waals surface area contributed by atoms with Crippen molar-refractivity contribution in [3.05, 3.63) is 59.7 Å². The van der Waals surface area contributed by atoms with E-state index in [2.05, 4.69) is 11.4 Å². The van der Waals surface area contributed by atoms with Crippen LogP contribution < -0.4 is 5.32 Å². The molecule has 0 saturated carbocycles. The van der Waals surface area contributed by atoms with E-state index in [1.807, 2.05) is 42.6 Å². The Bertz CT molecular complexity index is 1010. The molecule has 1 aliphatic rings. The minimum atomic E-state index is -1.33. The minimum Gasteiger partial charge on any atom is -0.465 e. The molecule has 0 aliphatic carbocycles. The van der Waals surface area contributed by atoms with E-state index in [-0.39, 0.29) is 32.6 Å². The molecule has 0 spiro atoms. The van der Waals surface area contributed by atoms with Crippen LogP contribution in [0.5, 0.6) is 0 Å². The van der Waals surface area contributed by atoms with Crippen molar-refractivity contribution in [3.63, 3.8) is 0 Å². The van der Waals surface area contributed by atoms with E-state index in [0.29, 0.717) is 12.0 Å². The molecule has 2 amide bonds. The molecule has 1 saturated heterocycles. The van der Waals surface area contributed by atoms with Crippen LogP contribution in [0.2, 0.25) is 0 Å².